The number of esters is 1. The van der Waals surface area contributed by atoms with E-state index in [1.807, 2.05) is 31.2 Å². The molecule has 1 aromatic rings. The molecule has 0 aromatic heterocycles. The quantitative estimate of drug-likeness (QED) is 0.626. The molecule has 4 heteroatoms. The molecule has 0 spiro atoms. The Bertz CT molecular complexity index is 481. The number of nitrogens with zero attached hydrogens (tertiary/aromatic N) is 1. The van der Waals surface area contributed by atoms with Crippen LogP contribution < -0.4 is 4.90 Å². The zero-order chi connectivity index (χ0) is 14.5. The van der Waals surface area contributed by atoms with E-state index < -0.39 is 0 Å². The minimum absolute atomic E-state index is 0.0503. The number of carbonyl (C=O) groups excluding carboxylic acids is 2. The highest BCUT2D eigenvalue weighted by Crippen LogP contribution is 2.24. The molecule has 108 valence electrons. The number of carbonyl (C=O) groups is 2. The normalized spacial score (nSPS) is 18.7. The lowest BCUT2D eigenvalue weighted by Crippen LogP contribution is -2.39. The lowest BCUT2D eigenvalue weighted by atomic mass is 9.97. The van der Waals surface area contributed by atoms with Gasteiger partial charge in [0.2, 0.25) is 0 Å². The van der Waals surface area contributed by atoms with Crippen LogP contribution in [0.25, 0.3) is 0 Å². The second kappa shape index (κ2) is 6.55. The first kappa shape index (κ1) is 14.6. The lowest BCUT2D eigenvalue weighted by molar-refractivity contribution is -0.145. The minimum Gasteiger partial charge on any atom is -0.469 e. The number of Topliss-reactive ketones (excluding diaryl/α,β-unsaturated/α-hetero) is 1. The molecule has 1 aliphatic rings. The number of rotatable bonds is 4. The maximum atomic E-state index is 11.6. The van der Waals surface area contributed by atoms with Crippen molar-refractivity contribution in [3.05, 3.63) is 29.8 Å². The van der Waals surface area contributed by atoms with Crippen LogP contribution in [0.15, 0.2) is 24.3 Å². The van der Waals surface area contributed by atoms with E-state index in [1.54, 1.807) is 0 Å². The first-order valence-electron chi connectivity index (χ1n) is 7.11. The smallest absolute Gasteiger partial charge is 0.310 e. The Morgan fingerprint density at radius 3 is 2.60 bits per heavy atom. The van der Waals surface area contributed by atoms with E-state index >= 15 is 0 Å². The maximum Gasteiger partial charge on any atom is 0.310 e. The van der Waals surface area contributed by atoms with Gasteiger partial charge < -0.3 is 9.64 Å². The molecule has 1 fully saturated rings. The Hall–Kier alpha value is -1.84. The van der Waals surface area contributed by atoms with Crippen molar-refractivity contribution in [2.24, 2.45) is 5.92 Å². The Labute approximate surface area is 119 Å². The van der Waals surface area contributed by atoms with Crippen LogP contribution in [0.1, 0.15) is 36.5 Å². The van der Waals surface area contributed by atoms with Crippen LogP contribution in [0.2, 0.25) is 0 Å². The minimum atomic E-state index is -0.132. The number of hydrogen-bond donors (Lipinski definition) is 0. The summed E-state index contributed by atoms with van der Waals surface area (Å²) >= 11 is 0. The van der Waals surface area contributed by atoms with Crippen LogP contribution >= 0.6 is 0 Å². The van der Waals surface area contributed by atoms with Gasteiger partial charge in [-0.1, -0.05) is 6.92 Å². The molecule has 1 unspecified atom stereocenters. The number of benzene rings is 1. The average Bonchev–Trinajstić information content (AvgIpc) is 2.53. The van der Waals surface area contributed by atoms with Gasteiger partial charge in [-0.25, -0.2) is 0 Å². The van der Waals surface area contributed by atoms with Gasteiger partial charge in [-0.3, -0.25) is 9.59 Å². The molecule has 1 heterocycles. The summed E-state index contributed by atoms with van der Waals surface area (Å²) in [6.45, 7) is 3.49. The van der Waals surface area contributed by atoms with Gasteiger partial charge in [0.25, 0.3) is 0 Å². The summed E-state index contributed by atoms with van der Waals surface area (Å²) in [6.07, 6.45) is 2.39. The number of ether oxygens (including phenoxy) is 1. The summed E-state index contributed by atoms with van der Waals surface area (Å²) < 4.78 is 4.83. The van der Waals surface area contributed by atoms with Crippen molar-refractivity contribution in [1.29, 1.82) is 0 Å². The molecule has 1 aliphatic heterocycles. The molecule has 0 bridgehead atoms. The predicted octanol–water partition coefficient (Wildman–Crippen LogP) is 2.67. The van der Waals surface area contributed by atoms with Gasteiger partial charge in [-0.2, -0.15) is 0 Å². The van der Waals surface area contributed by atoms with Crippen molar-refractivity contribution in [3.63, 3.8) is 0 Å². The molecule has 4 nitrogen and oxygen atoms in total. The van der Waals surface area contributed by atoms with Crippen LogP contribution in [0.4, 0.5) is 5.69 Å². The topological polar surface area (TPSA) is 46.6 Å². The van der Waals surface area contributed by atoms with E-state index in [4.69, 9.17) is 4.74 Å². The molecule has 0 saturated carbocycles. The molecule has 0 aliphatic carbocycles. The van der Waals surface area contributed by atoms with E-state index in [9.17, 15) is 9.59 Å². The fourth-order valence-corrected chi connectivity index (χ4v) is 2.63. The van der Waals surface area contributed by atoms with E-state index in [0.29, 0.717) is 13.0 Å². The van der Waals surface area contributed by atoms with Crippen molar-refractivity contribution >= 4 is 17.4 Å². The van der Waals surface area contributed by atoms with Crippen molar-refractivity contribution in [2.45, 2.75) is 26.2 Å². The van der Waals surface area contributed by atoms with Crippen LogP contribution in [0, 0.1) is 5.92 Å². The highest BCUT2D eigenvalue weighted by molar-refractivity contribution is 5.96. The fraction of sp³-hybridized carbons (Fsp3) is 0.500. The number of ketones is 1. The van der Waals surface area contributed by atoms with Gasteiger partial charge in [0, 0.05) is 30.8 Å². The van der Waals surface area contributed by atoms with E-state index in [0.717, 1.165) is 30.6 Å². The van der Waals surface area contributed by atoms with Crippen LogP contribution in [0.5, 0.6) is 0 Å². The monoisotopic (exact) mass is 275 g/mol. The second-order valence-electron chi connectivity index (χ2n) is 5.13. The summed E-state index contributed by atoms with van der Waals surface area (Å²) in [5.74, 6) is -0.0270. The molecular weight excluding hydrogens is 254 g/mol. The Morgan fingerprint density at radius 1 is 1.30 bits per heavy atom. The molecule has 1 saturated heterocycles. The summed E-state index contributed by atoms with van der Waals surface area (Å²) in [5.41, 5.74) is 1.81. The average molecular weight is 275 g/mol. The third kappa shape index (κ3) is 3.18. The molecule has 0 N–H and O–H groups in total. The lowest BCUT2D eigenvalue weighted by Gasteiger charge is -2.33. The molecule has 2 rings (SSSR count). The zero-order valence-corrected chi connectivity index (χ0v) is 12.1. The van der Waals surface area contributed by atoms with Crippen LogP contribution in [-0.4, -0.2) is 32.0 Å². The molecule has 1 atom stereocenters. The Kier molecular flexibility index (Phi) is 4.77. The molecule has 1 aromatic carbocycles. The molecular formula is C16H21NO3. The fourth-order valence-electron chi connectivity index (χ4n) is 2.63. The van der Waals surface area contributed by atoms with Gasteiger partial charge in [0.1, 0.15) is 0 Å². The van der Waals surface area contributed by atoms with Gasteiger partial charge >= 0.3 is 5.97 Å². The molecule has 0 radical (unpaired) electrons. The number of anilines is 1. The Morgan fingerprint density at radius 2 is 2.00 bits per heavy atom. The molecule has 0 amide bonds. The highest BCUT2D eigenvalue weighted by atomic mass is 16.5. The summed E-state index contributed by atoms with van der Waals surface area (Å²) in [5, 5.41) is 0. The van der Waals surface area contributed by atoms with E-state index in [-0.39, 0.29) is 17.7 Å². The first-order valence-corrected chi connectivity index (χ1v) is 7.11. The maximum absolute atomic E-state index is 11.6. The van der Waals surface area contributed by atoms with Gasteiger partial charge in [-0.05, 0) is 37.1 Å². The second-order valence-corrected chi connectivity index (χ2v) is 5.13. The van der Waals surface area contributed by atoms with Crippen LogP contribution in [0.3, 0.4) is 0 Å². The van der Waals surface area contributed by atoms with Crippen molar-refractivity contribution in [3.8, 4) is 0 Å². The summed E-state index contributed by atoms with van der Waals surface area (Å²) in [7, 11) is 1.44. The SMILES string of the molecule is CCC(=O)c1ccc(N2CCCC(C(=O)OC)C2)cc1. The van der Waals surface area contributed by atoms with E-state index in [2.05, 4.69) is 4.90 Å². The third-order valence-corrected chi connectivity index (χ3v) is 3.83. The predicted molar refractivity (Wildman–Crippen MR) is 78.0 cm³/mol. The van der Waals surface area contributed by atoms with Gasteiger partial charge in [-0.15, -0.1) is 0 Å². The number of piperidine rings is 1. The first-order chi connectivity index (χ1) is 9.65. The largest absolute Gasteiger partial charge is 0.469 e. The van der Waals surface area contributed by atoms with Crippen LogP contribution in [-0.2, 0) is 9.53 Å². The Balaban J connectivity index is 2.07. The van der Waals surface area contributed by atoms with E-state index in [1.165, 1.54) is 7.11 Å². The van der Waals surface area contributed by atoms with Crippen molar-refractivity contribution in [2.75, 3.05) is 25.1 Å². The summed E-state index contributed by atoms with van der Waals surface area (Å²) in [4.78, 5) is 25.4. The van der Waals surface area contributed by atoms with Crippen molar-refractivity contribution in [1.82, 2.24) is 0 Å². The zero-order valence-electron chi connectivity index (χ0n) is 12.1. The third-order valence-electron chi connectivity index (χ3n) is 3.83. The molecule has 20 heavy (non-hydrogen) atoms. The van der Waals surface area contributed by atoms with Gasteiger partial charge in [0.05, 0.1) is 13.0 Å². The standard InChI is InChI=1S/C16H21NO3/c1-3-15(18)12-6-8-14(9-7-12)17-10-4-5-13(11-17)16(19)20-2/h6-9,13H,3-5,10-11H2,1-2H3. The van der Waals surface area contributed by atoms with Crippen molar-refractivity contribution < 1.29 is 14.3 Å². The number of hydrogen-bond acceptors (Lipinski definition) is 4. The summed E-state index contributed by atoms with van der Waals surface area (Å²) in [6, 6.07) is 7.65. The highest BCUT2D eigenvalue weighted by Gasteiger charge is 2.26. The number of methoxy groups -OCH3 is 1. The van der Waals surface area contributed by atoms with Gasteiger partial charge in [0.15, 0.2) is 5.78 Å².